The number of hydrogen-bond acceptors (Lipinski definition) is 3. The van der Waals surface area contributed by atoms with Crippen molar-refractivity contribution in [1.82, 2.24) is 10.6 Å². The molecule has 1 aliphatic carbocycles. The second kappa shape index (κ2) is 7.10. The first-order chi connectivity index (χ1) is 8.87. The van der Waals surface area contributed by atoms with Crippen LogP contribution >= 0.6 is 0 Å². The van der Waals surface area contributed by atoms with Gasteiger partial charge in [0.25, 0.3) is 0 Å². The Morgan fingerprint density at radius 1 is 1.21 bits per heavy atom. The van der Waals surface area contributed by atoms with E-state index in [-0.39, 0.29) is 11.6 Å². The van der Waals surface area contributed by atoms with Crippen LogP contribution in [0.2, 0.25) is 0 Å². The molecule has 0 aliphatic heterocycles. The van der Waals surface area contributed by atoms with Crippen LogP contribution in [0.5, 0.6) is 0 Å². The zero-order chi connectivity index (χ0) is 14.4. The molecule has 0 spiro atoms. The smallest absolute Gasteiger partial charge is 0.314 e. The van der Waals surface area contributed by atoms with Crippen molar-refractivity contribution >= 4 is 6.03 Å². The number of aliphatic hydroxyl groups is 1. The molecule has 0 heterocycles. The van der Waals surface area contributed by atoms with Crippen LogP contribution in [0.4, 0.5) is 4.79 Å². The molecule has 0 aromatic carbocycles. The lowest BCUT2D eigenvalue weighted by Crippen LogP contribution is -2.49. The minimum Gasteiger partial charge on any atom is -0.388 e. The molecule has 0 radical (unpaired) electrons. The summed E-state index contributed by atoms with van der Waals surface area (Å²) < 4.78 is 5.23. The average molecular weight is 272 g/mol. The maximum Gasteiger partial charge on any atom is 0.314 e. The third-order valence-corrected chi connectivity index (χ3v) is 3.84. The van der Waals surface area contributed by atoms with Crippen LogP contribution in [-0.2, 0) is 4.74 Å². The van der Waals surface area contributed by atoms with E-state index in [1.807, 2.05) is 13.8 Å². The summed E-state index contributed by atoms with van der Waals surface area (Å²) in [4.78, 5) is 11.7. The van der Waals surface area contributed by atoms with Gasteiger partial charge in [-0.05, 0) is 26.7 Å². The van der Waals surface area contributed by atoms with Crippen LogP contribution in [0.25, 0.3) is 0 Å². The molecule has 5 nitrogen and oxygen atoms in total. The Morgan fingerprint density at radius 2 is 1.79 bits per heavy atom. The first-order valence-electron chi connectivity index (χ1n) is 7.16. The van der Waals surface area contributed by atoms with E-state index >= 15 is 0 Å². The molecular weight excluding hydrogens is 244 g/mol. The molecule has 0 aromatic rings. The van der Waals surface area contributed by atoms with Gasteiger partial charge >= 0.3 is 6.03 Å². The summed E-state index contributed by atoms with van der Waals surface area (Å²) >= 11 is 0. The Bertz CT molecular complexity index is 284. The van der Waals surface area contributed by atoms with Crippen LogP contribution in [0.1, 0.15) is 52.4 Å². The minimum absolute atomic E-state index is 0.247. The summed E-state index contributed by atoms with van der Waals surface area (Å²) in [6.45, 7) is 4.58. The summed E-state index contributed by atoms with van der Waals surface area (Å²) in [5, 5.41) is 15.9. The monoisotopic (exact) mass is 272 g/mol. The Morgan fingerprint density at radius 3 is 2.32 bits per heavy atom. The van der Waals surface area contributed by atoms with Crippen molar-refractivity contribution in [3.63, 3.8) is 0 Å². The van der Waals surface area contributed by atoms with E-state index < -0.39 is 5.60 Å². The number of carbonyl (C=O) groups excluding carboxylic acids is 1. The van der Waals surface area contributed by atoms with Crippen molar-refractivity contribution in [3.8, 4) is 0 Å². The van der Waals surface area contributed by atoms with Crippen LogP contribution < -0.4 is 10.6 Å². The van der Waals surface area contributed by atoms with E-state index in [1.54, 1.807) is 7.11 Å². The van der Waals surface area contributed by atoms with Gasteiger partial charge < -0.3 is 20.5 Å². The van der Waals surface area contributed by atoms with Gasteiger partial charge in [0.05, 0.1) is 11.2 Å². The van der Waals surface area contributed by atoms with Gasteiger partial charge in [0, 0.05) is 20.2 Å². The van der Waals surface area contributed by atoms with E-state index in [0.717, 1.165) is 25.7 Å². The number of ether oxygens (including phenoxy) is 1. The number of hydrogen-bond donors (Lipinski definition) is 3. The Balaban J connectivity index is 2.29. The van der Waals surface area contributed by atoms with E-state index in [2.05, 4.69) is 10.6 Å². The molecule has 2 amide bonds. The SMILES string of the molecule is COC(C)(C)CNC(=O)NCC1(O)CCCCCC1. The topological polar surface area (TPSA) is 70.6 Å². The van der Waals surface area contributed by atoms with Gasteiger partial charge in [-0.2, -0.15) is 0 Å². The summed E-state index contributed by atoms with van der Waals surface area (Å²) in [6, 6.07) is -0.247. The van der Waals surface area contributed by atoms with Crippen molar-refractivity contribution < 1.29 is 14.6 Å². The quantitative estimate of drug-likeness (QED) is 0.668. The summed E-state index contributed by atoms with van der Waals surface area (Å²) in [7, 11) is 1.62. The average Bonchev–Trinajstić information content (AvgIpc) is 2.60. The van der Waals surface area contributed by atoms with Gasteiger partial charge in [0.1, 0.15) is 0 Å². The Kier molecular flexibility index (Phi) is 6.07. The fourth-order valence-electron chi connectivity index (χ4n) is 2.24. The number of carbonyl (C=O) groups is 1. The molecule has 0 aromatic heterocycles. The first kappa shape index (κ1) is 16.2. The highest BCUT2D eigenvalue weighted by atomic mass is 16.5. The molecule has 5 heteroatoms. The molecule has 1 rings (SSSR count). The number of urea groups is 1. The van der Waals surface area contributed by atoms with Crippen LogP contribution in [0.15, 0.2) is 0 Å². The molecule has 19 heavy (non-hydrogen) atoms. The van der Waals surface area contributed by atoms with Crippen molar-refractivity contribution in [2.24, 2.45) is 0 Å². The van der Waals surface area contributed by atoms with Crippen LogP contribution in [-0.4, -0.2) is 42.5 Å². The second-order valence-corrected chi connectivity index (χ2v) is 6.14. The molecule has 0 saturated heterocycles. The predicted molar refractivity (Wildman–Crippen MR) is 75.1 cm³/mol. The Labute approximate surface area is 116 Å². The molecule has 112 valence electrons. The number of rotatable bonds is 5. The van der Waals surface area contributed by atoms with Crippen LogP contribution in [0, 0.1) is 0 Å². The van der Waals surface area contributed by atoms with Crippen molar-refractivity contribution in [2.45, 2.75) is 63.6 Å². The minimum atomic E-state index is -0.732. The molecular formula is C14H28N2O3. The van der Waals surface area contributed by atoms with Crippen LogP contribution in [0.3, 0.4) is 0 Å². The lowest BCUT2D eigenvalue weighted by Gasteiger charge is -2.28. The van der Waals surface area contributed by atoms with Crippen molar-refractivity contribution in [1.29, 1.82) is 0 Å². The van der Waals surface area contributed by atoms with Gasteiger partial charge in [0.15, 0.2) is 0 Å². The number of amides is 2. The molecule has 1 fully saturated rings. The summed E-state index contributed by atoms with van der Waals surface area (Å²) in [6.07, 6.45) is 5.98. The third-order valence-electron chi connectivity index (χ3n) is 3.84. The molecule has 0 bridgehead atoms. The molecule has 0 unspecified atom stereocenters. The zero-order valence-corrected chi connectivity index (χ0v) is 12.4. The number of methoxy groups -OCH3 is 1. The molecule has 1 saturated carbocycles. The van der Waals surface area contributed by atoms with Gasteiger partial charge in [-0.3, -0.25) is 0 Å². The fourth-order valence-corrected chi connectivity index (χ4v) is 2.24. The normalized spacial score (nSPS) is 19.6. The lowest BCUT2D eigenvalue weighted by atomic mass is 9.95. The highest BCUT2D eigenvalue weighted by Crippen LogP contribution is 2.26. The molecule has 1 aliphatic rings. The van der Waals surface area contributed by atoms with Gasteiger partial charge in [-0.25, -0.2) is 4.79 Å². The molecule has 0 atom stereocenters. The third kappa shape index (κ3) is 6.25. The van der Waals surface area contributed by atoms with Gasteiger partial charge in [-0.1, -0.05) is 25.7 Å². The maximum absolute atomic E-state index is 11.7. The largest absolute Gasteiger partial charge is 0.388 e. The van der Waals surface area contributed by atoms with E-state index in [0.29, 0.717) is 13.1 Å². The van der Waals surface area contributed by atoms with Crippen molar-refractivity contribution in [3.05, 3.63) is 0 Å². The van der Waals surface area contributed by atoms with E-state index in [4.69, 9.17) is 4.74 Å². The van der Waals surface area contributed by atoms with E-state index in [9.17, 15) is 9.90 Å². The van der Waals surface area contributed by atoms with Gasteiger partial charge in [0.2, 0.25) is 0 Å². The van der Waals surface area contributed by atoms with Gasteiger partial charge in [-0.15, -0.1) is 0 Å². The number of nitrogens with one attached hydrogen (secondary N) is 2. The maximum atomic E-state index is 11.7. The highest BCUT2D eigenvalue weighted by Gasteiger charge is 2.28. The highest BCUT2D eigenvalue weighted by molar-refractivity contribution is 5.73. The predicted octanol–water partition coefficient (Wildman–Crippen LogP) is 1.80. The summed E-state index contributed by atoms with van der Waals surface area (Å²) in [5.41, 5.74) is -1.11. The molecule has 3 N–H and O–H groups in total. The van der Waals surface area contributed by atoms with E-state index in [1.165, 1.54) is 12.8 Å². The standard InChI is InChI=1S/C14H28N2O3/c1-13(2,19-3)10-15-12(17)16-11-14(18)8-6-4-5-7-9-14/h18H,4-11H2,1-3H3,(H2,15,16,17). The summed E-state index contributed by atoms with van der Waals surface area (Å²) in [5.74, 6) is 0. The first-order valence-corrected chi connectivity index (χ1v) is 7.16. The fraction of sp³-hybridized carbons (Fsp3) is 0.929. The Hall–Kier alpha value is -0.810. The lowest BCUT2D eigenvalue weighted by molar-refractivity contribution is 0.0221. The zero-order valence-electron chi connectivity index (χ0n) is 12.4. The second-order valence-electron chi connectivity index (χ2n) is 6.14. The van der Waals surface area contributed by atoms with Crippen molar-refractivity contribution in [2.75, 3.05) is 20.2 Å².